The summed E-state index contributed by atoms with van der Waals surface area (Å²) in [6.07, 6.45) is 3.71. The molecule has 7 heteroatoms. The first-order valence-electron chi connectivity index (χ1n) is 6.69. The molecule has 0 N–H and O–H groups in total. The minimum Gasteiger partial charge on any atom is -0.299 e. The Morgan fingerprint density at radius 3 is 2.37 bits per heavy atom. The molecule has 108 valence electrons. The van der Waals surface area contributed by atoms with Crippen LogP contribution in [0.25, 0.3) is 0 Å². The molecule has 6 nitrogen and oxygen atoms in total. The minimum absolute atomic E-state index is 0.330. The third-order valence-electron chi connectivity index (χ3n) is 3.49. The van der Waals surface area contributed by atoms with Gasteiger partial charge in [0.05, 0.1) is 11.8 Å². The lowest BCUT2D eigenvalue weighted by atomic mass is 10.3. The summed E-state index contributed by atoms with van der Waals surface area (Å²) in [6.45, 7) is 8.03. The highest BCUT2D eigenvalue weighted by molar-refractivity contribution is 7.89. The van der Waals surface area contributed by atoms with E-state index in [1.165, 1.54) is 0 Å². The molecule has 0 saturated carbocycles. The molecule has 0 radical (unpaired) electrons. The summed E-state index contributed by atoms with van der Waals surface area (Å²) in [5, 5.41) is 3.83. The average Bonchev–Trinajstić information content (AvgIpc) is 2.90. The molecule has 1 aromatic rings. The smallest absolute Gasteiger partial charge is 0.216 e. The molecule has 2 rings (SSSR count). The molecule has 0 bridgehead atoms. The minimum atomic E-state index is -3.09. The van der Waals surface area contributed by atoms with E-state index in [1.807, 2.05) is 16.9 Å². The van der Waals surface area contributed by atoms with Crippen molar-refractivity contribution < 1.29 is 8.42 Å². The molecule has 0 amide bonds. The largest absolute Gasteiger partial charge is 0.299 e. The molecular formula is C12H22N4O2S. The van der Waals surface area contributed by atoms with Gasteiger partial charge in [-0.1, -0.05) is 0 Å². The van der Waals surface area contributed by atoms with Crippen molar-refractivity contribution in [3.63, 3.8) is 0 Å². The van der Waals surface area contributed by atoms with Gasteiger partial charge in [-0.2, -0.15) is 9.40 Å². The zero-order valence-electron chi connectivity index (χ0n) is 11.6. The topological polar surface area (TPSA) is 58.4 Å². The van der Waals surface area contributed by atoms with Gasteiger partial charge in [0.25, 0.3) is 0 Å². The summed E-state index contributed by atoms with van der Waals surface area (Å²) in [6, 6.07) is 1.91. The molecule has 19 heavy (non-hydrogen) atoms. The molecule has 1 saturated heterocycles. The van der Waals surface area contributed by atoms with Crippen LogP contribution in [0, 0.1) is 0 Å². The van der Waals surface area contributed by atoms with Gasteiger partial charge in [0.2, 0.25) is 10.0 Å². The highest BCUT2D eigenvalue weighted by atomic mass is 32.2. The number of rotatable bonds is 5. The molecular weight excluding hydrogens is 264 g/mol. The van der Waals surface area contributed by atoms with Gasteiger partial charge in [-0.15, -0.1) is 0 Å². The predicted molar refractivity (Wildman–Crippen MR) is 74.3 cm³/mol. The van der Waals surface area contributed by atoms with Crippen molar-refractivity contribution in [2.75, 3.05) is 32.7 Å². The number of aromatic nitrogens is 2. The highest BCUT2D eigenvalue weighted by Crippen LogP contribution is 2.12. The van der Waals surface area contributed by atoms with Gasteiger partial charge >= 0.3 is 0 Å². The van der Waals surface area contributed by atoms with E-state index in [-0.39, 0.29) is 5.25 Å². The van der Waals surface area contributed by atoms with E-state index in [2.05, 4.69) is 10.00 Å². The van der Waals surface area contributed by atoms with Crippen LogP contribution in [0.3, 0.4) is 0 Å². The average molecular weight is 286 g/mol. The number of sulfonamides is 1. The fraction of sp³-hybridized carbons (Fsp3) is 0.750. The van der Waals surface area contributed by atoms with E-state index >= 15 is 0 Å². The summed E-state index contributed by atoms with van der Waals surface area (Å²) in [5.41, 5.74) is 0. The molecule has 1 aliphatic heterocycles. The zero-order chi connectivity index (χ0) is 13.9. The molecule has 0 unspecified atom stereocenters. The number of piperazine rings is 1. The SMILES string of the molecule is CC(C)S(=O)(=O)N1CCN(CCn2cccn2)CC1. The van der Waals surface area contributed by atoms with Crippen molar-refractivity contribution in [3.05, 3.63) is 18.5 Å². The van der Waals surface area contributed by atoms with Crippen LogP contribution in [0.1, 0.15) is 13.8 Å². The van der Waals surface area contributed by atoms with E-state index in [0.29, 0.717) is 13.1 Å². The monoisotopic (exact) mass is 286 g/mol. The standard InChI is InChI=1S/C12H22N4O2S/c1-12(2)19(17,18)16-10-7-14(8-11-16)6-9-15-5-3-4-13-15/h3-5,12H,6-11H2,1-2H3. The second-order valence-electron chi connectivity index (χ2n) is 5.10. The molecule has 0 spiro atoms. The Kier molecular flexibility index (Phi) is 4.59. The maximum atomic E-state index is 12.0. The lowest BCUT2D eigenvalue weighted by Crippen LogP contribution is -2.50. The first-order chi connectivity index (χ1) is 9.00. The number of nitrogens with zero attached hydrogens (tertiary/aromatic N) is 4. The summed E-state index contributed by atoms with van der Waals surface area (Å²) >= 11 is 0. The van der Waals surface area contributed by atoms with Crippen molar-refractivity contribution in [1.29, 1.82) is 0 Å². The second-order valence-corrected chi connectivity index (χ2v) is 7.59. The fourth-order valence-corrected chi connectivity index (χ4v) is 3.45. The van der Waals surface area contributed by atoms with Gasteiger partial charge in [0, 0.05) is 45.1 Å². The number of hydrogen-bond donors (Lipinski definition) is 0. The molecule has 0 aromatic carbocycles. The fourth-order valence-electron chi connectivity index (χ4n) is 2.18. The normalized spacial score (nSPS) is 19.1. The van der Waals surface area contributed by atoms with E-state index in [1.54, 1.807) is 24.3 Å². The predicted octanol–water partition coefficient (Wildman–Crippen LogP) is 0.239. The first kappa shape index (κ1) is 14.5. The Morgan fingerprint density at radius 1 is 1.16 bits per heavy atom. The highest BCUT2D eigenvalue weighted by Gasteiger charge is 2.28. The summed E-state index contributed by atoms with van der Waals surface area (Å²) in [7, 11) is -3.09. The summed E-state index contributed by atoms with van der Waals surface area (Å²) in [4.78, 5) is 2.29. The van der Waals surface area contributed by atoms with E-state index < -0.39 is 10.0 Å². The zero-order valence-corrected chi connectivity index (χ0v) is 12.4. The van der Waals surface area contributed by atoms with E-state index in [0.717, 1.165) is 26.2 Å². The Hall–Kier alpha value is -0.920. The molecule has 0 atom stereocenters. The maximum Gasteiger partial charge on any atom is 0.216 e. The Labute approximate surface area is 115 Å². The lowest BCUT2D eigenvalue weighted by molar-refractivity contribution is 0.180. The van der Waals surface area contributed by atoms with Crippen molar-refractivity contribution in [3.8, 4) is 0 Å². The van der Waals surface area contributed by atoms with Crippen molar-refractivity contribution in [2.24, 2.45) is 0 Å². The third kappa shape index (κ3) is 3.55. The Bertz CT molecular complexity index is 476. The molecule has 0 aliphatic carbocycles. The summed E-state index contributed by atoms with van der Waals surface area (Å²) in [5.74, 6) is 0. The van der Waals surface area contributed by atoms with Crippen molar-refractivity contribution in [2.45, 2.75) is 25.6 Å². The first-order valence-corrected chi connectivity index (χ1v) is 8.19. The van der Waals surface area contributed by atoms with Crippen LogP contribution >= 0.6 is 0 Å². The van der Waals surface area contributed by atoms with Crippen LogP contribution < -0.4 is 0 Å². The van der Waals surface area contributed by atoms with E-state index in [9.17, 15) is 8.42 Å². The van der Waals surface area contributed by atoms with Crippen LogP contribution in [-0.2, 0) is 16.6 Å². The summed E-state index contributed by atoms with van der Waals surface area (Å²) < 4.78 is 27.6. The van der Waals surface area contributed by atoms with Crippen LogP contribution in [0.15, 0.2) is 18.5 Å². The van der Waals surface area contributed by atoms with E-state index in [4.69, 9.17) is 0 Å². The maximum absolute atomic E-state index is 12.0. The third-order valence-corrected chi connectivity index (χ3v) is 5.77. The molecule has 1 fully saturated rings. The van der Waals surface area contributed by atoms with Gasteiger partial charge in [0.15, 0.2) is 0 Å². The quantitative estimate of drug-likeness (QED) is 0.778. The van der Waals surface area contributed by atoms with Gasteiger partial charge in [-0.25, -0.2) is 8.42 Å². The second kappa shape index (κ2) is 6.02. The van der Waals surface area contributed by atoms with Crippen molar-refractivity contribution in [1.82, 2.24) is 19.0 Å². The lowest BCUT2D eigenvalue weighted by Gasteiger charge is -2.34. The van der Waals surface area contributed by atoms with Crippen LogP contribution in [0.2, 0.25) is 0 Å². The molecule has 1 aliphatic rings. The van der Waals surface area contributed by atoms with Gasteiger partial charge in [0.1, 0.15) is 0 Å². The van der Waals surface area contributed by atoms with Gasteiger partial charge in [-0.3, -0.25) is 9.58 Å². The molecule has 2 heterocycles. The van der Waals surface area contributed by atoms with Crippen LogP contribution in [0.5, 0.6) is 0 Å². The van der Waals surface area contributed by atoms with Gasteiger partial charge < -0.3 is 0 Å². The Balaban J connectivity index is 1.79. The van der Waals surface area contributed by atoms with Crippen molar-refractivity contribution >= 4 is 10.0 Å². The van der Waals surface area contributed by atoms with Crippen LogP contribution in [0.4, 0.5) is 0 Å². The van der Waals surface area contributed by atoms with Crippen LogP contribution in [-0.4, -0.2) is 65.4 Å². The molecule has 1 aromatic heterocycles. The number of hydrogen-bond acceptors (Lipinski definition) is 4. The Morgan fingerprint density at radius 2 is 1.84 bits per heavy atom. The van der Waals surface area contributed by atoms with Gasteiger partial charge in [-0.05, 0) is 19.9 Å².